The zero-order valence-corrected chi connectivity index (χ0v) is 18.8. The minimum Gasteiger partial charge on any atom is -0.485 e. The lowest BCUT2D eigenvalue weighted by molar-refractivity contribution is -0.113. The van der Waals surface area contributed by atoms with Crippen LogP contribution in [0.4, 0.5) is 5.82 Å². The number of aryl methyl sites for hydroxylation is 2. The fourth-order valence-electron chi connectivity index (χ4n) is 2.90. The molecule has 0 radical (unpaired) electrons. The lowest BCUT2D eigenvalue weighted by Crippen LogP contribution is -2.16. The standard InChI is InChI=1S/C22H27N5O2S/c1-14(2)17-9-8-15(3)11-18(17)29-12-19-25-26-22(27(19)5)30-13-20(28)24-21-16(4)7-6-10-23-21/h6-11,14H,12-13H2,1-5H3,(H,23,24,28). The molecule has 158 valence electrons. The number of nitrogens with one attached hydrogen (secondary N) is 1. The number of benzene rings is 1. The van der Waals surface area contributed by atoms with Crippen LogP contribution >= 0.6 is 11.8 Å². The number of aromatic nitrogens is 4. The van der Waals surface area contributed by atoms with E-state index in [1.54, 1.807) is 6.20 Å². The van der Waals surface area contributed by atoms with Crippen LogP contribution in [-0.2, 0) is 18.4 Å². The molecule has 1 amide bonds. The van der Waals surface area contributed by atoms with E-state index in [0.717, 1.165) is 16.9 Å². The highest BCUT2D eigenvalue weighted by molar-refractivity contribution is 7.99. The smallest absolute Gasteiger partial charge is 0.236 e. The molecule has 7 nitrogen and oxygen atoms in total. The number of carbonyl (C=O) groups excluding carboxylic acids is 1. The molecule has 3 aromatic rings. The molecular formula is C22H27N5O2S. The highest BCUT2D eigenvalue weighted by atomic mass is 32.2. The number of ether oxygens (including phenoxy) is 1. The van der Waals surface area contributed by atoms with Crippen molar-refractivity contribution in [3.63, 3.8) is 0 Å². The van der Waals surface area contributed by atoms with E-state index in [4.69, 9.17) is 4.74 Å². The summed E-state index contributed by atoms with van der Waals surface area (Å²) in [7, 11) is 1.88. The molecule has 0 aliphatic rings. The highest BCUT2D eigenvalue weighted by Crippen LogP contribution is 2.28. The second kappa shape index (κ2) is 9.75. The van der Waals surface area contributed by atoms with E-state index < -0.39 is 0 Å². The van der Waals surface area contributed by atoms with E-state index in [1.807, 2.05) is 43.7 Å². The van der Waals surface area contributed by atoms with Crippen LogP contribution in [0.3, 0.4) is 0 Å². The third-order valence-corrected chi connectivity index (χ3v) is 5.69. The average Bonchev–Trinajstić information content (AvgIpc) is 3.06. The van der Waals surface area contributed by atoms with Crippen LogP contribution in [-0.4, -0.2) is 31.4 Å². The molecule has 0 saturated heterocycles. The molecule has 0 fully saturated rings. The molecule has 0 bridgehead atoms. The highest BCUT2D eigenvalue weighted by Gasteiger charge is 2.14. The number of hydrogen-bond donors (Lipinski definition) is 1. The minimum absolute atomic E-state index is 0.135. The summed E-state index contributed by atoms with van der Waals surface area (Å²) in [4.78, 5) is 16.4. The first-order valence-electron chi connectivity index (χ1n) is 9.81. The Balaban J connectivity index is 1.59. The van der Waals surface area contributed by atoms with E-state index in [-0.39, 0.29) is 11.7 Å². The Morgan fingerprint density at radius 3 is 2.77 bits per heavy atom. The predicted molar refractivity (Wildman–Crippen MR) is 119 cm³/mol. The maximum atomic E-state index is 12.2. The fourth-order valence-corrected chi connectivity index (χ4v) is 3.63. The molecule has 2 heterocycles. The maximum absolute atomic E-state index is 12.2. The van der Waals surface area contributed by atoms with Crippen molar-refractivity contribution in [3.05, 3.63) is 59.0 Å². The number of thioether (sulfide) groups is 1. The van der Waals surface area contributed by atoms with E-state index in [0.29, 0.717) is 29.3 Å². The number of rotatable bonds is 8. The molecule has 0 atom stereocenters. The second-order valence-electron chi connectivity index (χ2n) is 7.45. The van der Waals surface area contributed by atoms with Crippen LogP contribution < -0.4 is 10.1 Å². The van der Waals surface area contributed by atoms with Gasteiger partial charge in [-0.25, -0.2) is 4.98 Å². The Bertz CT molecular complexity index is 1030. The van der Waals surface area contributed by atoms with Gasteiger partial charge in [-0.2, -0.15) is 0 Å². The Kier molecular flexibility index (Phi) is 7.10. The Morgan fingerprint density at radius 1 is 1.23 bits per heavy atom. The summed E-state index contributed by atoms with van der Waals surface area (Å²) < 4.78 is 7.91. The minimum atomic E-state index is -0.135. The third-order valence-electron chi connectivity index (χ3n) is 4.67. The van der Waals surface area contributed by atoms with Crippen LogP contribution in [0.5, 0.6) is 5.75 Å². The van der Waals surface area contributed by atoms with Gasteiger partial charge in [-0.3, -0.25) is 4.79 Å². The summed E-state index contributed by atoms with van der Waals surface area (Å²) in [6.45, 7) is 8.56. The molecule has 2 aromatic heterocycles. The molecule has 0 unspecified atom stereocenters. The number of pyridine rings is 1. The first-order chi connectivity index (χ1) is 14.3. The molecule has 8 heteroatoms. The van der Waals surface area contributed by atoms with Gasteiger partial charge in [0.2, 0.25) is 5.91 Å². The van der Waals surface area contributed by atoms with Crippen molar-refractivity contribution < 1.29 is 9.53 Å². The van der Waals surface area contributed by atoms with Gasteiger partial charge in [0.1, 0.15) is 18.2 Å². The molecule has 1 aromatic carbocycles. The number of nitrogens with zero attached hydrogens (tertiary/aromatic N) is 4. The van der Waals surface area contributed by atoms with Gasteiger partial charge in [-0.15, -0.1) is 10.2 Å². The Morgan fingerprint density at radius 2 is 2.03 bits per heavy atom. The Hall–Kier alpha value is -2.87. The lowest BCUT2D eigenvalue weighted by Gasteiger charge is -2.14. The molecule has 0 spiro atoms. The van der Waals surface area contributed by atoms with Crippen molar-refractivity contribution in [3.8, 4) is 5.75 Å². The van der Waals surface area contributed by atoms with Crippen LogP contribution in [0.2, 0.25) is 0 Å². The largest absolute Gasteiger partial charge is 0.485 e. The van der Waals surface area contributed by atoms with Gasteiger partial charge in [0.05, 0.1) is 5.75 Å². The van der Waals surface area contributed by atoms with Gasteiger partial charge in [-0.1, -0.05) is 43.8 Å². The molecule has 1 N–H and O–H groups in total. The van der Waals surface area contributed by atoms with Crippen molar-refractivity contribution >= 4 is 23.5 Å². The van der Waals surface area contributed by atoms with Gasteiger partial charge < -0.3 is 14.6 Å². The molecular weight excluding hydrogens is 398 g/mol. The third kappa shape index (κ3) is 5.38. The van der Waals surface area contributed by atoms with Crippen molar-refractivity contribution in [2.75, 3.05) is 11.1 Å². The van der Waals surface area contributed by atoms with Crippen LogP contribution in [0, 0.1) is 13.8 Å². The average molecular weight is 426 g/mol. The topological polar surface area (TPSA) is 81.9 Å². The van der Waals surface area contributed by atoms with E-state index in [1.165, 1.54) is 17.3 Å². The van der Waals surface area contributed by atoms with Crippen molar-refractivity contribution in [1.82, 2.24) is 19.7 Å². The van der Waals surface area contributed by atoms with Crippen LogP contribution in [0.25, 0.3) is 0 Å². The number of anilines is 1. The summed E-state index contributed by atoms with van der Waals surface area (Å²) >= 11 is 1.33. The zero-order valence-electron chi connectivity index (χ0n) is 18.0. The van der Waals surface area contributed by atoms with Crippen molar-refractivity contribution in [2.24, 2.45) is 7.05 Å². The first-order valence-corrected chi connectivity index (χ1v) is 10.8. The molecule has 3 rings (SSSR count). The summed E-state index contributed by atoms with van der Waals surface area (Å²) in [5, 5.41) is 11.9. The van der Waals surface area contributed by atoms with Gasteiger partial charge in [0, 0.05) is 13.2 Å². The number of carbonyl (C=O) groups is 1. The number of amides is 1. The van der Waals surface area contributed by atoms with Gasteiger partial charge >= 0.3 is 0 Å². The van der Waals surface area contributed by atoms with Gasteiger partial charge in [0.25, 0.3) is 0 Å². The van der Waals surface area contributed by atoms with Crippen LogP contribution in [0.15, 0.2) is 41.7 Å². The normalized spacial score (nSPS) is 11.0. The van der Waals surface area contributed by atoms with E-state index >= 15 is 0 Å². The van der Waals surface area contributed by atoms with Crippen LogP contribution in [0.1, 0.15) is 42.3 Å². The van der Waals surface area contributed by atoms with Crippen molar-refractivity contribution in [2.45, 2.75) is 45.4 Å². The first kappa shape index (κ1) is 21.8. The molecule has 0 saturated carbocycles. The molecule has 30 heavy (non-hydrogen) atoms. The molecule has 0 aliphatic heterocycles. The maximum Gasteiger partial charge on any atom is 0.236 e. The van der Waals surface area contributed by atoms with Crippen molar-refractivity contribution in [1.29, 1.82) is 0 Å². The summed E-state index contributed by atoms with van der Waals surface area (Å²) in [6, 6.07) is 9.99. The quantitative estimate of drug-likeness (QED) is 0.543. The summed E-state index contributed by atoms with van der Waals surface area (Å²) in [5.41, 5.74) is 3.24. The fraction of sp³-hybridized carbons (Fsp3) is 0.364. The SMILES string of the molecule is Cc1ccc(C(C)C)c(OCc2nnc(SCC(=O)Nc3ncccc3C)n2C)c1. The zero-order chi connectivity index (χ0) is 21.7. The lowest BCUT2D eigenvalue weighted by atomic mass is 10.0. The van der Waals surface area contributed by atoms with Gasteiger partial charge in [0.15, 0.2) is 11.0 Å². The van der Waals surface area contributed by atoms with E-state index in [9.17, 15) is 4.79 Å². The number of hydrogen-bond acceptors (Lipinski definition) is 6. The molecule has 0 aliphatic carbocycles. The Labute approximate surface area is 181 Å². The predicted octanol–water partition coefficient (Wildman–Crippen LogP) is 4.26. The second-order valence-corrected chi connectivity index (χ2v) is 8.39. The van der Waals surface area contributed by atoms with E-state index in [2.05, 4.69) is 46.5 Å². The summed E-state index contributed by atoms with van der Waals surface area (Å²) in [6.07, 6.45) is 1.66. The monoisotopic (exact) mass is 425 g/mol. The van der Waals surface area contributed by atoms with Gasteiger partial charge in [-0.05, 0) is 48.6 Å². The summed E-state index contributed by atoms with van der Waals surface area (Å²) in [5.74, 6) is 2.60.